The van der Waals surface area contributed by atoms with Gasteiger partial charge in [-0.15, -0.1) is 0 Å². The summed E-state index contributed by atoms with van der Waals surface area (Å²) in [5.41, 5.74) is 1.02. The van der Waals surface area contributed by atoms with Crippen LogP contribution in [-0.4, -0.2) is 48.1 Å². The second kappa shape index (κ2) is 8.59. The molecule has 0 bridgehead atoms. The van der Waals surface area contributed by atoms with Gasteiger partial charge in [0, 0.05) is 11.1 Å². The lowest BCUT2D eigenvalue weighted by atomic mass is 9.95. The van der Waals surface area contributed by atoms with E-state index in [1.807, 2.05) is 6.07 Å². The average Bonchev–Trinajstić information content (AvgIpc) is 3.22. The smallest absolute Gasteiger partial charge is 0.338 e. The van der Waals surface area contributed by atoms with Gasteiger partial charge in [-0.1, -0.05) is 18.2 Å². The van der Waals surface area contributed by atoms with E-state index >= 15 is 0 Å². The molecule has 152 valence electrons. The van der Waals surface area contributed by atoms with Crippen LogP contribution in [0.1, 0.15) is 23.0 Å². The number of hydrogen-bond acceptors (Lipinski definition) is 7. The fourth-order valence-corrected chi connectivity index (χ4v) is 3.14. The van der Waals surface area contributed by atoms with Gasteiger partial charge in [-0.3, -0.25) is 14.5 Å². The Bertz CT molecular complexity index is 1130. The quantitative estimate of drug-likeness (QED) is 0.459. The van der Waals surface area contributed by atoms with E-state index in [0.717, 1.165) is 4.90 Å². The van der Waals surface area contributed by atoms with Crippen molar-refractivity contribution in [1.29, 1.82) is 5.26 Å². The van der Waals surface area contributed by atoms with E-state index in [2.05, 4.69) is 0 Å². The third kappa shape index (κ3) is 3.66. The van der Waals surface area contributed by atoms with Crippen LogP contribution in [0.15, 0.2) is 57.5 Å². The molecule has 0 saturated carbocycles. The lowest BCUT2D eigenvalue weighted by Crippen LogP contribution is -2.44. The third-order valence-corrected chi connectivity index (χ3v) is 4.66. The summed E-state index contributed by atoms with van der Waals surface area (Å²) in [6.45, 7) is 0.869. The molecule has 0 aliphatic carbocycles. The number of carbonyl (C=O) groups is 3. The van der Waals surface area contributed by atoms with Gasteiger partial charge in [0.1, 0.15) is 23.2 Å². The van der Waals surface area contributed by atoms with E-state index in [9.17, 15) is 19.6 Å². The predicted molar refractivity (Wildman–Crippen MR) is 106 cm³/mol. The molecule has 1 aliphatic rings. The monoisotopic (exact) mass is 406 g/mol. The van der Waals surface area contributed by atoms with E-state index < -0.39 is 24.4 Å². The van der Waals surface area contributed by atoms with E-state index in [1.54, 1.807) is 36.4 Å². The number of aliphatic hydroxyl groups excluding tert-OH is 1. The normalized spacial score (nSPS) is 15.5. The van der Waals surface area contributed by atoms with Crippen LogP contribution in [0.5, 0.6) is 0 Å². The van der Waals surface area contributed by atoms with E-state index in [0.29, 0.717) is 22.6 Å². The zero-order valence-electron chi connectivity index (χ0n) is 16.3. The number of carbonyl (C=O) groups excluding carboxylic acids is 3. The van der Waals surface area contributed by atoms with E-state index in [4.69, 9.17) is 14.3 Å². The Hall–Kier alpha value is -3.96. The van der Waals surface area contributed by atoms with Crippen LogP contribution >= 0.6 is 0 Å². The van der Waals surface area contributed by atoms with Crippen LogP contribution < -0.4 is 0 Å². The highest BCUT2D eigenvalue weighted by Gasteiger charge is 2.35. The summed E-state index contributed by atoms with van der Waals surface area (Å²) < 4.78 is 10.6. The van der Waals surface area contributed by atoms with Gasteiger partial charge in [-0.2, -0.15) is 5.26 Å². The van der Waals surface area contributed by atoms with Gasteiger partial charge in [0.2, 0.25) is 0 Å². The highest BCUT2D eigenvalue weighted by molar-refractivity contribution is 6.19. The number of nitrogens with zero attached hydrogens (tertiary/aromatic N) is 2. The highest BCUT2D eigenvalue weighted by atomic mass is 16.5. The molecule has 3 rings (SSSR count). The Morgan fingerprint density at radius 1 is 1.23 bits per heavy atom. The van der Waals surface area contributed by atoms with Crippen molar-refractivity contribution >= 4 is 23.9 Å². The van der Waals surface area contributed by atoms with Gasteiger partial charge in [0.05, 0.1) is 25.8 Å². The van der Waals surface area contributed by atoms with Crippen molar-refractivity contribution in [2.24, 2.45) is 0 Å². The summed E-state index contributed by atoms with van der Waals surface area (Å²) in [4.78, 5) is 37.9. The van der Waals surface area contributed by atoms with Crippen molar-refractivity contribution < 1.29 is 28.6 Å². The molecular formula is C22H18N2O6. The minimum Gasteiger partial charge on any atom is -0.465 e. The molecule has 0 spiro atoms. The van der Waals surface area contributed by atoms with Crippen LogP contribution in [0.25, 0.3) is 17.4 Å². The molecule has 30 heavy (non-hydrogen) atoms. The van der Waals surface area contributed by atoms with E-state index in [-0.39, 0.29) is 23.3 Å². The minimum atomic E-state index is -0.738. The lowest BCUT2D eigenvalue weighted by molar-refractivity contribution is -0.141. The maximum absolute atomic E-state index is 12.7. The topological polar surface area (TPSA) is 121 Å². The molecule has 2 amide bonds. The molecule has 1 aromatic heterocycles. The number of β-amino-alcohol motifs (C(OH)–C–C–N with tert-alkyl or cyclic N) is 1. The number of esters is 1. The number of rotatable bonds is 5. The molecule has 0 unspecified atom stereocenters. The molecule has 8 heteroatoms. The summed E-state index contributed by atoms with van der Waals surface area (Å²) in [6, 6.07) is 11.8. The first-order chi connectivity index (χ1) is 14.4. The van der Waals surface area contributed by atoms with Crippen LogP contribution in [-0.2, 0) is 14.3 Å². The Balaban J connectivity index is 2.05. The number of ether oxygens (including phenoxy) is 1. The fraction of sp³-hybridized carbons (Fsp3) is 0.182. The van der Waals surface area contributed by atoms with Crippen molar-refractivity contribution in [2.75, 3.05) is 20.3 Å². The minimum absolute atomic E-state index is 0.113. The molecule has 1 N–H and O–H groups in total. The zero-order chi connectivity index (χ0) is 21.8. The Labute approximate surface area is 172 Å². The number of hydrogen-bond donors (Lipinski definition) is 1. The van der Waals surface area contributed by atoms with Crippen molar-refractivity contribution in [2.45, 2.75) is 6.92 Å². The van der Waals surface area contributed by atoms with Crippen molar-refractivity contribution in [3.63, 3.8) is 0 Å². The Kier molecular flexibility index (Phi) is 5.95. The molecule has 8 nitrogen and oxygen atoms in total. The molecule has 2 heterocycles. The van der Waals surface area contributed by atoms with Gasteiger partial charge < -0.3 is 14.3 Å². The Morgan fingerprint density at radius 2 is 1.97 bits per heavy atom. The molecule has 0 radical (unpaired) electrons. The van der Waals surface area contributed by atoms with Crippen LogP contribution in [0, 0.1) is 11.3 Å². The molecule has 1 aromatic carbocycles. The third-order valence-electron chi connectivity index (χ3n) is 4.66. The number of aliphatic hydroxyl groups is 1. The van der Waals surface area contributed by atoms with Gasteiger partial charge in [-0.25, -0.2) is 4.79 Å². The van der Waals surface area contributed by atoms with Crippen LogP contribution in [0.3, 0.4) is 0 Å². The maximum Gasteiger partial charge on any atom is 0.338 e. The second-order valence-corrected chi connectivity index (χ2v) is 6.39. The van der Waals surface area contributed by atoms with Crippen molar-refractivity contribution in [3.8, 4) is 17.4 Å². The largest absolute Gasteiger partial charge is 0.465 e. The number of benzene rings is 1. The lowest BCUT2D eigenvalue weighted by Gasteiger charge is -2.26. The SMILES string of the molecule is COC(=O)c1ccccc1-c1ccc(/C=C2\C(=O)N(CCO)C(=O)C(C#N)=C2C)o1. The first-order valence-electron chi connectivity index (χ1n) is 9.00. The molecule has 2 aromatic rings. The van der Waals surface area contributed by atoms with Crippen LogP contribution in [0.2, 0.25) is 0 Å². The van der Waals surface area contributed by atoms with Crippen molar-refractivity contribution in [1.82, 2.24) is 4.90 Å². The number of imide groups is 1. The molecule has 1 aliphatic heterocycles. The molecular weight excluding hydrogens is 388 g/mol. The summed E-state index contributed by atoms with van der Waals surface area (Å²) in [7, 11) is 1.28. The average molecular weight is 406 g/mol. The van der Waals surface area contributed by atoms with Crippen molar-refractivity contribution in [3.05, 3.63) is 64.4 Å². The maximum atomic E-state index is 12.7. The zero-order valence-corrected chi connectivity index (χ0v) is 16.3. The molecule has 0 fully saturated rings. The summed E-state index contributed by atoms with van der Waals surface area (Å²) in [6.07, 6.45) is 1.43. The highest BCUT2D eigenvalue weighted by Crippen LogP contribution is 2.30. The number of amides is 2. The predicted octanol–water partition coefficient (Wildman–Crippen LogP) is 2.32. The molecule has 0 saturated heterocycles. The fourth-order valence-electron chi connectivity index (χ4n) is 3.14. The summed E-state index contributed by atoms with van der Waals surface area (Å²) >= 11 is 0. The van der Waals surface area contributed by atoms with Crippen LogP contribution in [0.4, 0.5) is 0 Å². The van der Waals surface area contributed by atoms with Gasteiger partial charge >= 0.3 is 5.97 Å². The summed E-state index contributed by atoms with van der Waals surface area (Å²) in [5, 5.41) is 18.5. The van der Waals surface area contributed by atoms with Gasteiger partial charge in [-0.05, 0) is 36.8 Å². The van der Waals surface area contributed by atoms with E-state index in [1.165, 1.54) is 20.1 Å². The Morgan fingerprint density at radius 3 is 2.63 bits per heavy atom. The molecule has 0 atom stereocenters. The first-order valence-corrected chi connectivity index (χ1v) is 9.00. The van der Waals surface area contributed by atoms with Gasteiger partial charge in [0.25, 0.3) is 11.8 Å². The number of furan rings is 1. The standard InChI is InChI=1S/C22H18N2O6/c1-13-17(20(26)24(9-10-25)21(27)18(13)12-23)11-14-7-8-19(30-14)15-5-3-4-6-16(15)22(28)29-2/h3-8,11,25H,9-10H2,1-2H3/b17-11-. The first kappa shape index (κ1) is 20.8. The number of nitriles is 1. The summed E-state index contributed by atoms with van der Waals surface area (Å²) in [5.74, 6) is -1.20. The van der Waals surface area contributed by atoms with Gasteiger partial charge in [0.15, 0.2) is 0 Å². The second-order valence-electron chi connectivity index (χ2n) is 6.39. The number of methoxy groups -OCH3 is 1.